The fourth-order valence-electron chi connectivity index (χ4n) is 2.49. The first-order valence-corrected chi connectivity index (χ1v) is 7.82. The van der Waals surface area contributed by atoms with Gasteiger partial charge in [-0.15, -0.1) is 0 Å². The second-order valence-electron chi connectivity index (χ2n) is 7.38. The Morgan fingerprint density at radius 2 is 1.70 bits per heavy atom. The van der Waals surface area contributed by atoms with Crippen LogP contribution in [0.3, 0.4) is 0 Å². The van der Waals surface area contributed by atoms with E-state index in [4.69, 9.17) is 5.73 Å². The predicted molar refractivity (Wildman–Crippen MR) is 88.6 cm³/mol. The zero-order valence-corrected chi connectivity index (χ0v) is 13.8. The van der Waals surface area contributed by atoms with Crippen molar-refractivity contribution in [3.05, 3.63) is 35.9 Å². The molecule has 2 nitrogen and oxygen atoms in total. The fraction of sp³-hybridized carbons (Fsp3) is 0.667. The van der Waals surface area contributed by atoms with Crippen LogP contribution in [0, 0.1) is 17.3 Å². The molecule has 0 fully saturated rings. The zero-order valence-electron chi connectivity index (χ0n) is 13.8. The Morgan fingerprint density at radius 3 is 2.15 bits per heavy atom. The quantitative estimate of drug-likeness (QED) is 0.790. The van der Waals surface area contributed by atoms with Crippen LogP contribution in [0.5, 0.6) is 0 Å². The smallest absolute Gasteiger partial charge is 0.0325 e. The third-order valence-corrected chi connectivity index (χ3v) is 3.89. The maximum Gasteiger partial charge on any atom is 0.0325 e. The highest BCUT2D eigenvalue weighted by Gasteiger charge is 2.21. The molecule has 114 valence electrons. The number of rotatable bonds is 7. The summed E-state index contributed by atoms with van der Waals surface area (Å²) in [5, 5.41) is 3.74. The Hall–Kier alpha value is -0.860. The summed E-state index contributed by atoms with van der Waals surface area (Å²) in [7, 11) is 0. The highest BCUT2D eigenvalue weighted by molar-refractivity contribution is 5.19. The van der Waals surface area contributed by atoms with Gasteiger partial charge in [-0.25, -0.2) is 0 Å². The van der Waals surface area contributed by atoms with Crippen LogP contribution in [0.15, 0.2) is 30.3 Å². The van der Waals surface area contributed by atoms with Crippen molar-refractivity contribution in [1.82, 2.24) is 5.32 Å². The maximum atomic E-state index is 5.89. The number of benzene rings is 1. The number of hydrogen-bond donors (Lipinski definition) is 2. The highest BCUT2D eigenvalue weighted by Crippen LogP contribution is 2.29. The van der Waals surface area contributed by atoms with Crippen LogP contribution in [-0.2, 0) is 0 Å². The van der Waals surface area contributed by atoms with Gasteiger partial charge in [0.05, 0.1) is 0 Å². The first-order chi connectivity index (χ1) is 9.33. The van der Waals surface area contributed by atoms with E-state index in [1.165, 1.54) is 5.56 Å². The molecular weight excluding hydrogens is 244 g/mol. The summed E-state index contributed by atoms with van der Waals surface area (Å²) >= 11 is 0. The molecule has 1 rings (SSSR count). The van der Waals surface area contributed by atoms with Crippen molar-refractivity contribution in [2.24, 2.45) is 23.0 Å². The van der Waals surface area contributed by atoms with Crippen molar-refractivity contribution in [3.63, 3.8) is 0 Å². The van der Waals surface area contributed by atoms with E-state index < -0.39 is 0 Å². The molecule has 0 radical (unpaired) electrons. The van der Waals surface area contributed by atoms with Gasteiger partial charge in [-0.3, -0.25) is 0 Å². The van der Waals surface area contributed by atoms with E-state index in [9.17, 15) is 0 Å². The fourth-order valence-corrected chi connectivity index (χ4v) is 2.49. The van der Waals surface area contributed by atoms with Gasteiger partial charge in [0.25, 0.3) is 0 Å². The molecule has 2 heteroatoms. The van der Waals surface area contributed by atoms with Crippen LogP contribution in [0.25, 0.3) is 0 Å². The minimum Gasteiger partial charge on any atom is -0.330 e. The van der Waals surface area contributed by atoms with E-state index >= 15 is 0 Å². The highest BCUT2D eigenvalue weighted by atomic mass is 14.9. The van der Waals surface area contributed by atoms with Crippen LogP contribution in [0.2, 0.25) is 0 Å². The summed E-state index contributed by atoms with van der Waals surface area (Å²) in [5.74, 6) is 1.17. The molecule has 3 N–H and O–H groups in total. The van der Waals surface area contributed by atoms with Crippen molar-refractivity contribution >= 4 is 0 Å². The summed E-state index contributed by atoms with van der Waals surface area (Å²) in [6.07, 6.45) is 1.13. The molecule has 0 heterocycles. The van der Waals surface area contributed by atoms with Crippen LogP contribution >= 0.6 is 0 Å². The lowest BCUT2D eigenvalue weighted by atomic mass is 9.85. The third kappa shape index (κ3) is 6.06. The van der Waals surface area contributed by atoms with Crippen LogP contribution in [0.4, 0.5) is 0 Å². The van der Waals surface area contributed by atoms with Gasteiger partial charge >= 0.3 is 0 Å². The minimum atomic E-state index is 0.309. The summed E-state index contributed by atoms with van der Waals surface area (Å²) in [6, 6.07) is 11.2. The molecule has 1 aromatic rings. The molecule has 2 unspecified atom stereocenters. The van der Waals surface area contributed by atoms with E-state index in [1.54, 1.807) is 0 Å². The molecule has 0 spiro atoms. The van der Waals surface area contributed by atoms with Gasteiger partial charge in [0.2, 0.25) is 0 Å². The molecule has 0 amide bonds. The largest absolute Gasteiger partial charge is 0.330 e. The molecule has 1 aromatic carbocycles. The lowest BCUT2D eigenvalue weighted by Gasteiger charge is -2.29. The Balaban J connectivity index is 2.74. The van der Waals surface area contributed by atoms with E-state index in [-0.39, 0.29) is 0 Å². The minimum absolute atomic E-state index is 0.309. The molecular formula is C18H32N2. The van der Waals surface area contributed by atoms with Crippen LogP contribution < -0.4 is 11.1 Å². The first kappa shape index (κ1) is 17.2. The molecule has 2 atom stereocenters. The number of hydrogen-bond acceptors (Lipinski definition) is 2. The van der Waals surface area contributed by atoms with Gasteiger partial charge in [-0.2, -0.15) is 0 Å². The molecule has 0 aliphatic carbocycles. The van der Waals surface area contributed by atoms with Gasteiger partial charge in [-0.05, 0) is 42.3 Å². The molecule has 0 saturated heterocycles. The molecule has 0 saturated carbocycles. The Labute approximate surface area is 125 Å². The van der Waals surface area contributed by atoms with E-state index in [0.717, 1.165) is 19.5 Å². The summed E-state index contributed by atoms with van der Waals surface area (Å²) in [6.45, 7) is 13.1. The second kappa shape index (κ2) is 7.80. The molecule has 0 bridgehead atoms. The van der Waals surface area contributed by atoms with Gasteiger partial charge in [0, 0.05) is 6.04 Å². The van der Waals surface area contributed by atoms with Crippen molar-refractivity contribution in [2.75, 3.05) is 13.1 Å². The molecule has 0 aliphatic heterocycles. The normalized spacial score (nSPS) is 15.3. The lowest BCUT2D eigenvalue weighted by molar-refractivity contribution is 0.285. The SMILES string of the molecule is CC(C)C(CN)CNC(CC(C)(C)C)c1ccccc1. The average molecular weight is 276 g/mol. The van der Waals surface area contributed by atoms with E-state index in [1.807, 2.05) is 0 Å². The monoisotopic (exact) mass is 276 g/mol. The maximum absolute atomic E-state index is 5.89. The number of nitrogens with two attached hydrogens (primary N) is 1. The summed E-state index contributed by atoms with van der Waals surface area (Å²) in [4.78, 5) is 0. The number of nitrogens with one attached hydrogen (secondary N) is 1. The van der Waals surface area contributed by atoms with Crippen molar-refractivity contribution in [1.29, 1.82) is 0 Å². The lowest BCUT2D eigenvalue weighted by Crippen LogP contribution is -2.35. The first-order valence-electron chi connectivity index (χ1n) is 7.82. The average Bonchev–Trinajstić information content (AvgIpc) is 2.37. The molecule has 0 aliphatic rings. The second-order valence-corrected chi connectivity index (χ2v) is 7.38. The van der Waals surface area contributed by atoms with Gasteiger partial charge in [0.15, 0.2) is 0 Å². The summed E-state index contributed by atoms with van der Waals surface area (Å²) < 4.78 is 0. The van der Waals surface area contributed by atoms with Crippen molar-refractivity contribution in [3.8, 4) is 0 Å². The predicted octanol–water partition coefficient (Wildman–Crippen LogP) is 3.98. The van der Waals surface area contributed by atoms with Crippen molar-refractivity contribution < 1.29 is 0 Å². The Morgan fingerprint density at radius 1 is 1.10 bits per heavy atom. The topological polar surface area (TPSA) is 38.0 Å². The third-order valence-electron chi connectivity index (χ3n) is 3.89. The van der Waals surface area contributed by atoms with E-state index in [2.05, 4.69) is 70.3 Å². The molecule has 0 aromatic heterocycles. The summed E-state index contributed by atoms with van der Waals surface area (Å²) in [5.41, 5.74) is 7.57. The van der Waals surface area contributed by atoms with Crippen molar-refractivity contribution in [2.45, 2.75) is 47.1 Å². The van der Waals surface area contributed by atoms with E-state index in [0.29, 0.717) is 23.3 Å². The Kier molecular flexibility index (Phi) is 6.70. The standard InChI is InChI=1S/C18H32N2/c1-14(2)16(12-19)13-20-17(11-18(3,4)5)15-9-7-6-8-10-15/h6-10,14,16-17,20H,11-13,19H2,1-5H3. The van der Waals surface area contributed by atoms with Crippen LogP contribution in [0.1, 0.15) is 52.6 Å². The Bertz CT molecular complexity index is 365. The van der Waals surface area contributed by atoms with Gasteiger partial charge in [0.1, 0.15) is 0 Å². The zero-order chi connectivity index (χ0) is 15.2. The van der Waals surface area contributed by atoms with Gasteiger partial charge in [-0.1, -0.05) is 65.0 Å². The molecule has 20 heavy (non-hydrogen) atoms. The van der Waals surface area contributed by atoms with Crippen LogP contribution in [-0.4, -0.2) is 13.1 Å². The van der Waals surface area contributed by atoms with Gasteiger partial charge < -0.3 is 11.1 Å².